The maximum absolute atomic E-state index is 13.2. The van der Waals surface area contributed by atoms with Crippen LogP contribution in [-0.2, 0) is 6.54 Å². The second-order valence-electron chi connectivity index (χ2n) is 3.49. The van der Waals surface area contributed by atoms with Gasteiger partial charge in [0.2, 0.25) is 0 Å². The smallest absolute Gasteiger partial charge is 0.139 e. The Morgan fingerprint density at radius 3 is 2.75 bits per heavy atom. The minimum Gasteiger partial charge on any atom is -0.465 e. The van der Waals surface area contributed by atoms with Crippen molar-refractivity contribution < 1.29 is 8.81 Å². The summed E-state index contributed by atoms with van der Waals surface area (Å²) in [6.45, 7) is 2.44. The van der Waals surface area contributed by atoms with Crippen molar-refractivity contribution in [2.75, 3.05) is 5.32 Å². The zero-order valence-corrected chi connectivity index (χ0v) is 10.3. The van der Waals surface area contributed by atoms with Gasteiger partial charge in [-0.3, -0.25) is 0 Å². The van der Waals surface area contributed by atoms with Gasteiger partial charge in [0.25, 0.3) is 0 Å². The summed E-state index contributed by atoms with van der Waals surface area (Å²) in [7, 11) is 0. The third-order valence-corrected chi connectivity index (χ3v) is 2.83. The molecule has 1 aromatic heterocycles. The van der Waals surface area contributed by atoms with Crippen molar-refractivity contribution in [3.63, 3.8) is 0 Å². The minimum atomic E-state index is -0.277. The van der Waals surface area contributed by atoms with Crippen molar-refractivity contribution in [3.05, 3.63) is 52.1 Å². The SMILES string of the molecule is Cc1ccc(CNc2ccc(Br)c(F)c2)o1. The van der Waals surface area contributed by atoms with Crippen LogP contribution in [-0.4, -0.2) is 0 Å². The third-order valence-electron chi connectivity index (χ3n) is 2.18. The molecule has 0 aliphatic rings. The Kier molecular flexibility index (Phi) is 3.29. The highest BCUT2D eigenvalue weighted by Gasteiger charge is 2.02. The first-order valence-electron chi connectivity index (χ1n) is 4.89. The summed E-state index contributed by atoms with van der Waals surface area (Å²) in [5.74, 6) is 1.43. The molecule has 2 rings (SSSR count). The molecule has 0 atom stereocenters. The summed E-state index contributed by atoms with van der Waals surface area (Å²) in [6, 6.07) is 8.73. The van der Waals surface area contributed by atoms with E-state index in [1.165, 1.54) is 6.07 Å². The maximum atomic E-state index is 13.2. The predicted molar refractivity (Wildman–Crippen MR) is 64.9 cm³/mol. The highest BCUT2D eigenvalue weighted by molar-refractivity contribution is 9.10. The fourth-order valence-corrected chi connectivity index (χ4v) is 1.62. The van der Waals surface area contributed by atoms with Crippen LogP contribution in [0.3, 0.4) is 0 Å². The Hall–Kier alpha value is -1.29. The van der Waals surface area contributed by atoms with Gasteiger partial charge in [0.1, 0.15) is 17.3 Å². The Balaban J connectivity index is 2.02. The van der Waals surface area contributed by atoms with Gasteiger partial charge in [0, 0.05) is 5.69 Å². The standard InChI is InChI=1S/C12H11BrFNO/c1-8-2-4-10(16-8)7-15-9-3-5-11(13)12(14)6-9/h2-6,15H,7H2,1H3. The molecule has 0 spiro atoms. The van der Waals surface area contributed by atoms with Crippen LogP contribution >= 0.6 is 15.9 Å². The minimum absolute atomic E-state index is 0.277. The van der Waals surface area contributed by atoms with E-state index < -0.39 is 0 Å². The van der Waals surface area contributed by atoms with Crippen LogP contribution in [0.25, 0.3) is 0 Å². The van der Waals surface area contributed by atoms with Gasteiger partial charge in [-0.15, -0.1) is 0 Å². The fraction of sp³-hybridized carbons (Fsp3) is 0.167. The molecule has 0 fully saturated rings. The van der Waals surface area contributed by atoms with Gasteiger partial charge in [-0.05, 0) is 53.2 Å². The highest BCUT2D eigenvalue weighted by atomic mass is 79.9. The molecule has 0 radical (unpaired) electrons. The van der Waals surface area contributed by atoms with Gasteiger partial charge in [-0.2, -0.15) is 0 Å². The van der Waals surface area contributed by atoms with E-state index in [0.717, 1.165) is 17.2 Å². The monoisotopic (exact) mass is 283 g/mol. The summed E-state index contributed by atoms with van der Waals surface area (Å²) in [5.41, 5.74) is 0.731. The second-order valence-corrected chi connectivity index (χ2v) is 4.35. The van der Waals surface area contributed by atoms with Crippen molar-refractivity contribution in [3.8, 4) is 0 Å². The van der Waals surface area contributed by atoms with E-state index in [1.807, 2.05) is 25.1 Å². The average Bonchev–Trinajstić information content (AvgIpc) is 2.66. The lowest BCUT2D eigenvalue weighted by molar-refractivity contribution is 0.490. The van der Waals surface area contributed by atoms with Crippen LogP contribution in [0, 0.1) is 12.7 Å². The van der Waals surface area contributed by atoms with Gasteiger partial charge >= 0.3 is 0 Å². The number of aryl methyl sites for hydroxylation is 1. The number of furan rings is 1. The molecule has 2 aromatic rings. The molecular formula is C12H11BrFNO. The van der Waals surface area contributed by atoms with Crippen LogP contribution in [0.2, 0.25) is 0 Å². The molecule has 0 unspecified atom stereocenters. The lowest BCUT2D eigenvalue weighted by Crippen LogP contribution is -1.98. The number of hydrogen-bond acceptors (Lipinski definition) is 2. The fourth-order valence-electron chi connectivity index (χ4n) is 1.38. The van der Waals surface area contributed by atoms with Crippen molar-refractivity contribution in [2.45, 2.75) is 13.5 Å². The van der Waals surface area contributed by atoms with Gasteiger partial charge in [-0.1, -0.05) is 0 Å². The van der Waals surface area contributed by atoms with Gasteiger partial charge in [0.15, 0.2) is 0 Å². The largest absolute Gasteiger partial charge is 0.465 e. The second kappa shape index (κ2) is 4.70. The van der Waals surface area contributed by atoms with E-state index >= 15 is 0 Å². The van der Waals surface area contributed by atoms with E-state index in [4.69, 9.17) is 4.42 Å². The quantitative estimate of drug-likeness (QED) is 0.917. The summed E-state index contributed by atoms with van der Waals surface area (Å²) in [6.07, 6.45) is 0. The molecule has 1 aromatic carbocycles. The summed E-state index contributed by atoms with van der Waals surface area (Å²) < 4.78 is 19.1. The third kappa shape index (κ3) is 2.64. The predicted octanol–water partition coefficient (Wildman–Crippen LogP) is 4.10. The van der Waals surface area contributed by atoms with Crippen LogP contribution in [0.4, 0.5) is 10.1 Å². The first-order chi connectivity index (χ1) is 7.65. The Morgan fingerprint density at radius 1 is 1.31 bits per heavy atom. The number of anilines is 1. The Morgan fingerprint density at radius 2 is 2.12 bits per heavy atom. The molecule has 0 amide bonds. The molecule has 2 nitrogen and oxygen atoms in total. The summed E-state index contributed by atoms with van der Waals surface area (Å²) >= 11 is 3.11. The van der Waals surface area contributed by atoms with Crippen LogP contribution in [0.5, 0.6) is 0 Å². The van der Waals surface area contributed by atoms with Crippen molar-refractivity contribution >= 4 is 21.6 Å². The van der Waals surface area contributed by atoms with Crippen molar-refractivity contribution in [1.82, 2.24) is 0 Å². The number of halogens is 2. The normalized spacial score (nSPS) is 10.4. The molecule has 0 saturated carbocycles. The molecule has 4 heteroatoms. The molecule has 0 saturated heterocycles. The van der Waals surface area contributed by atoms with E-state index in [1.54, 1.807) is 6.07 Å². The number of nitrogens with one attached hydrogen (secondary N) is 1. The Labute approximate surface area is 102 Å². The lowest BCUT2D eigenvalue weighted by atomic mass is 10.3. The van der Waals surface area contributed by atoms with E-state index in [-0.39, 0.29) is 5.82 Å². The highest BCUT2D eigenvalue weighted by Crippen LogP contribution is 2.20. The van der Waals surface area contributed by atoms with E-state index in [2.05, 4.69) is 21.2 Å². The molecule has 0 bridgehead atoms. The number of hydrogen-bond donors (Lipinski definition) is 1. The number of benzene rings is 1. The molecule has 84 valence electrons. The molecule has 0 aliphatic heterocycles. The first-order valence-corrected chi connectivity index (χ1v) is 5.69. The van der Waals surface area contributed by atoms with Crippen LogP contribution in [0.15, 0.2) is 39.2 Å². The van der Waals surface area contributed by atoms with Crippen molar-refractivity contribution in [2.24, 2.45) is 0 Å². The molecule has 0 aliphatic carbocycles. The van der Waals surface area contributed by atoms with E-state index in [9.17, 15) is 4.39 Å². The number of rotatable bonds is 3. The van der Waals surface area contributed by atoms with Crippen LogP contribution < -0.4 is 5.32 Å². The topological polar surface area (TPSA) is 25.2 Å². The zero-order chi connectivity index (χ0) is 11.5. The molecule has 1 N–H and O–H groups in total. The molecular weight excluding hydrogens is 273 g/mol. The maximum Gasteiger partial charge on any atom is 0.139 e. The van der Waals surface area contributed by atoms with Crippen LogP contribution in [0.1, 0.15) is 11.5 Å². The summed E-state index contributed by atoms with van der Waals surface area (Å²) in [5, 5.41) is 3.09. The Bertz CT molecular complexity index is 496. The molecule has 16 heavy (non-hydrogen) atoms. The van der Waals surface area contributed by atoms with E-state index in [0.29, 0.717) is 11.0 Å². The zero-order valence-electron chi connectivity index (χ0n) is 8.76. The summed E-state index contributed by atoms with van der Waals surface area (Å²) in [4.78, 5) is 0. The van der Waals surface area contributed by atoms with Crippen molar-refractivity contribution in [1.29, 1.82) is 0 Å². The average molecular weight is 284 g/mol. The van der Waals surface area contributed by atoms with Gasteiger partial charge < -0.3 is 9.73 Å². The van der Waals surface area contributed by atoms with Gasteiger partial charge in [-0.25, -0.2) is 4.39 Å². The lowest BCUT2D eigenvalue weighted by Gasteiger charge is -2.05. The van der Waals surface area contributed by atoms with Gasteiger partial charge in [0.05, 0.1) is 11.0 Å². The first kappa shape index (κ1) is 11.2. The molecule has 1 heterocycles.